The van der Waals surface area contributed by atoms with E-state index in [-0.39, 0.29) is 41.9 Å². The summed E-state index contributed by atoms with van der Waals surface area (Å²) in [5, 5.41) is 0.372. The van der Waals surface area contributed by atoms with Crippen molar-refractivity contribution in [1.82, 2.24) is 14.5 Å². The summed E-state index contributed by atoms with van der Waals surface area (Å²) in [5.74, 6) is -0.368. The second kappa shape index (κ2) is 10.5. The average Bonchev–Trinajstić information content (AvgIpc) is 3.27. The molecule has 0 atom stereocenters. The van der Waals surface area contributed by atoms with Gasteiger partial charge in [-0.3, -0.25) is 19.0 Å². The fourth-order valence-electron chi connectivity index (χ4n) is 2.83. The number of carbonyl (C=O) groups is 2. The van der Waals surface area contributed by atoms with Crippen molar-refractivity contribution >= 4 is 39.4 Å². The van der Waals surface area contributed by atoms with E-state index < -0.39 is 11.5 Å². The van der Waals surface area contributed by atoms with Gasteiger partial charge in [-0.25, -0.2) is 9.97 Å². The van der Waals surface area contributed by atoms with Crippen LogP contribution < -0.4 is 5.56 Å². The van der Waals surface area contributed by atoms with Crippen LogP contribution in [0, 0.1) is 0 Å². The molecule has 31 heavy (non-hydrogen) atoms. The number of nitrogens with zero attached hydrogens (tertiary/aromatic N) is 3. The Bertz CT molecular complexity index is 1140. The molecule has 1 aromatic carbocycles. The van der Waals surface area contributed by atoms with Gasteiger partial charge >= 0.3 is 5.97 Å². The number of halogens is 1. The van der Waals surface area contributed by atoms with Crippen molar-refractivity contribution in [3.8, 4) is 11.5 Å². The summed E-state index contributed by atoms with van der Waals surface area (Å²) >= 11 is 4.50. The highest BCUT2D eigenvalue weighted by molar-refractivity contribution is 9.10. The normalized spacial score (nSPS) is 10.8. The third-order valence-electron chi connectivity index (χ3n) is 4.32. The van der Waals surface area contributed by atoms with Crippen LogP contribution in [0.1, 0.15) is 29.5 Å². The van der Waals surface area contributed by atoms with E-state index in [1.54, 1.807) is 13.2 Å². The number of carbonyl (C=O) groups excluding carboxylic acids is 2. The smallest absolute Gasteiger partial charge is 0.326 e. The highest BCUT2D eigenvalue weighted by Crippen LogP contribution is 2.21. The van der Waals surface area contributed by atoms with Crippen molar-refractivity contribution in [2.24, 2.45) is 0 Å². The van der Waals surface area contributed by atoms with Crippen LogP contribution in [-0.4, -0.2) is 39.2 Å². The lowest BCUT2D eigenvalue weighted by molar-refractivity contribution is -0.144. The molecular weight excluding hydrogens is 486 g/mol. The number of ketones is 1. The van der Waals surface area contributed by atoms with Crippen LogP contribution in [0.15, 0.2) is 55.4 Å². The van der Waals surface area contributed by atoms with Crippen LogP contribution in [-0.2, 0) is 22.5 Å². The molecule has 0 saturated carbocycles. The van der Waals surface area contributed by atoms with Crippen LogP contribution in [0.3, 0.4) is 0 Å². The summed E-state index contributed by atoms with van der Waals surface area (Å²) in [6, 6.07) is 9.29. The molecular formula is C21H20BrN3O5S. The SMILES string of the molecule is CCOC(=O)Cn1c(SC)nc(CCC(=O)c2coc(-c3ccccc3)n2)c(Br)c1=O. The molecule has 10 heteroatoms. The number of rotatable bonds is 9. The Morgan fingerprint density at radius 1 is 1.23 bits per heavy atom. The molecule has 0 saturated heterocycles. The Morgan fingerprint density at radius 3 is 2.65 bits per heavy atom. The molecule has 0 fully saturated rings. The number of ether oxygens (including phenoxy) is 1. The molecule has 0 radical (unpaired) electrons. The number of benzene rings is 1. The van der Waals surface area contributed by atoms with Gasteiger partial charge in [0.05, 0.1) is 12.3 Å². The van der Waals surface area contributed by atoms with Crippen LogP contribution in [0.5, 0.6) is 0 Å². The molecule has 0 N–H and O–H groups in total. The molecule has 0 bridgehead atoms. The Hall–Kier alpha value is -2.72. The Kier molecular flexibility index (Phi) is 7.80. The van der Waals surface area contributed by atoms with Crippen LogP contribution in [0.25, 0.3) is 11.5 Å². The predicted octanol–water partition coefficient (Wildman–Crippen LogP) is 3.76. The van der Waals surface area contributed by atoms with Crippen LogP contribution >= 0.6 is 27.7 Å². The summed E-state index contributed by atoms with van der Waals surface area (Å²) in [6.45, 7) is 1.70. The van der Waals surface area contributed by atoms with Crippen LogP contribution in [0.2, 0.25) is 0 Å². The number of hydrogen-bond donors (Lipinski definition) is 0. The van der Waals surface area contributed by atoms with Gasteiger partial charge in [0.2, 0.25) is 5.89 Å². The van der Waals surface area contributed by atoms with Crippen molar-refractivity contribution in [3.05, 3.63) is 62.8 Å². The molecule has 0 unspecified atom stereocenters. The third kappa shape index (κ3) is 5.50. The van der Waals surface area contributed by atoms with E-state index in [4.69, 9.17) is 9.15 Å². The number of hydrogen-bond acceptors (Lipinski definition) is 8. The van der Waals surface area contributed by atoms with Gasteiger partial charge in [0.25, 0.3) is 5.56 Å². The van der Waals surface area contributed by atoms with Crippen molar-refractivity contribution in [2.75, 3.05) is 12.9 Å². The molecule has 162 valence electrons. The minimum absolute atomic E-state index is 0.0987. The van der Waals surface area contributed by atoms with Crippen molar-refractivity contribution < 1.29 is 18.7 Å². The molecule has 2 aromatic heterocycles. The summed E-state index contributed by atoms with van der Waals surface area (Å²) in [4.78, 5) is 45.8. The fraction of sp³-hybridized carbons (Fsp3) is 0.286. The standard InChI is InChI=1S/C21H20BrN3O5S/c1-3-29-17(27)11-25-20(28)18(22)14(24-21(25)31-2)9-10-16(26)15-12-30-19(23-15)13-7-5-4-6-8-13/h4-8,12H,3,9-11H2,1-2H3. The summed E-state index contributed by atoms with van der Waals surface area (Å²) < 4.78 is 11.8. The van der Waals surface area contributed by atoms with E-state index in [1.165, 1.54) is 22.6 Å². The number of aromatic nitrogens is 3. The minimum atomic E-state index is -0.517. The van der Waals surface area contributed by atoms with Gasteiger partial charge in [-0.2, -0.15) is 0 Å². The van der Waals surface area contributed by atoms with Gasteiger partial charge in [0, 0.05) is 12.0 Å². The second-order valence-electron chi connectivity index (χ2n) is 6.38. The molecule has 0 aliphatic carbocycles. The first-order valence-corrected chi connectivity index (χ1v) is 11.5. The Balaban J connectivity index is 1.75. The zero-order chi connectivity index (χ0) is 22.4. The van der Waals surface area contributed by atoms with E-state index in [2.05, 4.69) is 25.9 Å². The largest absolute Gasteiger partial charge is 0.465 e. The topological polar surface area (TPSA) is 104 Å². The van der Waals surface area contributed by atoms with Crippen molar-refractivity contribution in [1.29, 1.82) is 0 Å². The number of aryl methyl sites for hydroxylation is 1. The molecule has 3 rings (SSSR count). The fourth-order valence-corrected chi connectivity index (χ4v) is 3.90. The maximum absolute atomic E-state index is 12.7. The molecule has 0 amide bonds. The zero-order valence-corrected chi connectivity index (χ0v) is 19.4. The quantitative estimate of drug-likeness (QED) is 0.187. The molecule has 0 spiro atoms. The molecule has 3 aromatic rings. The second-order valence-corrected chi connectivity index (χ2v) is 7.95. The average molecular weight is 506 g/mol. The number of esters is 1. The molecule has 0 aliphatic heterocycles. The van der Waals surface area contributed by atoms with Gasteiger partial charge in [-0.05, 0) is 47.7 Å². The highest BCUT2D eigenvalue weighted by atomic mass is 79.9. The van der Waals surface area contributed by atoms with Gasteiger partial charge in [0.15, 0.2) is 10.9 Å². The lowest BCUT2D eigenvalue weighted by atomic mass is 10.1. The van der Waals surface area contributed by atoms with Crippen molar-refractivity contribution in [2.45, 2.75) is 31.5 Å². The summed E-state index contributed by atoms with van der Waals surface area (Å²) in [5.41, 5.74) is 1.04. The van der Waals surface area contributed by atoms with Gasteiger partial charge < -0.3 is 9.15 Å². The summed E-state index contributed by atoms with van der Waals surface area (Å²) in [6.07, 6.45) is 3.42. The predicted molar refractivity (Wildman–Crippen MR) is 119 cm³/mol. The van der Waals surface area contributed by atoms with E-state index in [0.29, 0.717) is 16.7 Å². The Morgan fingerprint density at radius 2 is 1.97 bits per heavy atom. The number of oxazole rings is 1. The van der Waals surface area contributed by atoms with E-state index in [9.17, 15) is 14.4 Å². The summed E-state index contributed by atoms with van der Waals surface area (Å²) in [7, 11) is 0. The molecule has 0 aliphatic rings. The monoisotopic (exact) mass is 505 g/mol. The first-order valence-electron chi connectivity index (χ1n) is 9.47. The van der Waals surface area contributed by atoms with Crippen molar-refractivity contribution in [3.63, 3.8) is 0 Å². The lowest BCUT2D eigenvalue weighted by Crippen LogP contribution is -2.29. The number of Topliss-reactive ketones (excluding diaryl/α,β-unsaturated/α-hetero) is 1. The Labute approximate surface area is 191 Å². The first kappa shape index (κ1) is 23.0. The van der Waals surface area contributed by atoms with Crippen LogP contribution in [0.4, 0.5) is 0 Å². The van der Waals surface area contributed by atoms with Gasteiger partial charge in [-0.1, -0.05) is 30.0 Å². The third-order valence-corrected chi connectivity index (χ3v) is 5.80. The minimum Gasteiger partial charge on any atom is -0.465 e. The number of thioether (sulfide) groups is 1. The first-order chi connectivity index (χ1) is 14.9. The lowest BCUT2D eigenvalue weighted by Gasteiger charge is -2.12. The maximum Gasteiger partial charge on any atom is 0.326 e. The maximum atomic E-state index is 12.7. The molecule has 2 heterocycles. The van der Waals surface area contributed by atoms with Gasteiger partial charge in [0.1, 0.15) is 23.0 Å². The van der Waals surface area contributed by atoms with E-state index >= 15 is 0 Å². The molecule has 8 nitrogen and oxygen atoms in total. The highest BCUT2D eigenvalue weighted by Gasteiger charge is 2.19. The van der Waals surface area contributed by atoms with E-state index in [0.717, 1.165) is 5.56 Å². The van der Waals surface area contributed by atoms with Gasteiger partial charge in [-0.15, -0.1) is 0 Å². The van der Waals surface area contributed by atoms with E-state index in [1.807, 2.05) is 30.3 Å². The zero-order valence-electron chi connectivity index (χ0n) is 17.0.